The number of rotatable bonds is 17. The number of aromatic amines is 10. The molecule has 2 aliphatic rings. The number of ether oxygens (including phenoxy) is 6. The molecular formula is C94H69F10N25O11. The summed E-state index contributed by atoms with van der Waals surface area (Å²) in [5, 5.41) is 45.5. The lowest BCUT2D eigenvalue weighted by Crippen LogP contribution is -2.29. The number of nitrogens with one attached hydrogen (secondary N) is 15. The Hall–Kier alpha value is -19.0. The van der Waals surface area contributed by atoms with Crippen molar-refractivity contribution in [3.63, 3.8) is 0 Å². The fourth-order valence-electron chi connectivity index (χ4n) is 14.8. The summed E-state index contributed by atoms with van der Waals surface area (Å²) in [5.41, 5.74) is 8.75. The Morgan fingerprint density at radius 2 is 0.600 bits per heavy atom. The molecule has 2 aliphatic heterocycles. The monoisotopic (exact) mass is 1910 g/mol. The fourth-order valence-corrected chi connectivity index (χ4v) is 14.8. The van der Waals surface area contributed by atoms with Crippen LogP contribution >= 0.6 is 0 Å². The first-order valence-corrected chi connectivity index (χ1v) is 41.7. The van der Waals surface area contributed by atoms with E-state index in [2.05, 4.69) is 127 Å². The Morgan fingerprint density at radius 1 is 0.321 bits per heavy atom. The number of H-pyrrole nitrogens is 10. The number of halogens is 10. The standard InChI is InChI=1S/C20H15F2N5O3.C19H13F2N5O3.C19H15F2N5O3.2C18H13F2N5O/c1-20(2)29-14-6-11-12(7-15(14)30-20)25-18(24-11)17-13(8-23-27-17)26-19(28)16-9(21)4-3-5-10(16)22;20-9-2-1-3-10(21)16(9)19(27)25-13-8-22-26-17(13)18-23-11-6-14-15(7-12(11)24-18)29-5-4-28-14;1-28-14-6-11-12(7-15(14)29-2)24-18(23-11)17-13(8-22-26-17)25-19(27)16-9(20)4-3-5-10(16)21;1-9-4-2-7-12-15(9)24-17(22-12)16-13(8-21-25-16)23-18(26)14-10(19)5-3-6-11(14)20;1-9-5-6-12-13(7-9)23-17(22-12)16-14(8-21-25-16)24-18(26)15-10(19)3-2-4-11(15)20/h3-8H,1-2H3,(H,23,27)(H,24,25)(H,26,28);1-3,6-8H,4-5H2,(H,22,26)(H,23,24)(H,25,27);3-8H,1-2H3,(H,22,26)(H,23,24)(H,25,27);2-8H,1H3,(H,21,25)(H,22,24)(H,23,26);2-8H,1H3,(H,21,25)(H,22,23)(H,24,26). The molecule has 10 aromatic heterocycles. The van der Waals surface area contributed by atoms with Crippen molar-refractivity contribution < 1.29 is 96.3 Å². The first kappa shape index (κ1) is 91.5. The van der Waals surface area contributed by atoms with Gasteiger partial charge in [-0.05, 0) is 104 Å². The number of methoxy groups -OCH3 is 2. The minimum atomic E-state index is -0.963. The predicted octanol–water partition coefficient (Wildman–Crippen LogP) is 18.3. The van der Waals surface area contributed by atoms with Crippen molar-refractivity contribution in [3.05, 3.63) is 292 Å². The fraction of sp³-hybridized carbons (Fsp3) is 0.0957. The van der Waals surface area contributed by atoms with Crippen LogP contribution < -0.4 is 55.0 Å². The third-order valence-corrected chi connectivity index (χ3v) is 21.3. The van der Waals surface area contributed by atoms with Gasteiger partial charge in [-0.15, -0.1) is 0 Å². The van der Waals surface area contributed by atoms with Crippen molar-refractivity contribution in [1.82, 2.24) is 101 Å². The maximum absolute atomic E-state index is 13.9. The van der Waals surface area contributed by atoms with E-state index in [1.165, 1.54) is 75.5 Å². The van der Waals surface area contributed by atoms with Crippen LogP contribution in [0.15, 0.2) is 195 Å². The highest BCUT2D eigenvalue weighted by Gasteiger charge is 2.34. The highest BCUT2D eigenvalue weighted by molar-refractivity contribution is 6.10. The zero-order valence-corrected chi connectivity index (χ0v) is 73.1. The van der Waals surface area contributed by atoms with Gasteiger partial charge in [-0.2, -0.15) is 25.5 Å². The maximum Gasteiger partial charge on any atom is 0.261 e. The van der Waals surface area contributed by atoms with Gasteiger partial charge >= 0.3 is 0 Å². The van der Waals surface area contributed by atoms with Gasteiger partial charge in [0, 0.05) is 50.2 Å². The van der Waals surface area contributed by atoms with Crippen LogP contribution in [0.1, 0.15) is 76.8 Å². The van der Waals surface area contributed by atoms with E-state index in [0.717, 1.165) is 93.9 Å². The van der Waals surface area contributed by atoms with Crippen molar-refractivity contribution in [1.29, 1.82) is 0 Å². The van der Waals surface area contributed by atoms with Gasteiger partial charge in [-0.25, -0.2) is 68.8 Å². The minimum absolute atomic E-state index is 0.204. The number of imidazole rings is 5. The summed E-state index contributed by atoms with van der Waals surface area (Å²) in [4.78, 5) is 99.7. The number of nitrogens with zero attached hydrogens (tertiary/aromatic N) is 10. The number of anilines is 5. The maximum atomic E-state index is 13.9. The first-order chi connectivity index (χ1) is 67.5. The molecular weight excluding hydrogens is 1850 g/mol. The van der Waals surface area contributed by atoms with E-state index in [-0.39, 0.29) is 28.4 Å². The molecule has 140 heavy (non-hydrogen) atoms. The third-order valence-electron chi connectivity index (χ3n) is 21.3. The zero-order valence-electron chi connectivity index (χ0n) is 73.1. The van der Waals surface area contributed by atoms with Crippen LogP contribution in [0, 0.1) is 72.0 Å². The van der Waals surface area contributed by atoms with Gasteiger partial charge in [-0.3, -0.25) is 49.5 Å². The summed E-state index contributed by atoms with van der Waals surface area (Å²) in [6.07, 6.45) is 6.68. The lowest BCUT2D eigenvalue weighted by atomic mass is 10.2. The van der Waals surface area contributed by atoms with Crippen molar-refractivity contribution in [2.24, 2.45) is 0 Å². The summed E-state index contributed by atoms with van der Waals surface area (Å²) in [7, 11) is 3.03. The van der Waals surface area contributed by atoms with E-state index >= 15 is 0 Å². The molecule has 0 aliphatic carbocycles. The number of carbonyl (C=O) groups is 5. The largest absolute Gasteiger partial charge is 0.493 e. The summed E-state index contributed by atoms with van der Waals surface area (Å²) in [5.74, 6) is -9.51. The van der Waals surface area contributed by atoms with Crippen molar-refractivity contribution in [3.8, 4) is 92.1 Å². The van der Waals surface area contributed by atoms with Crippen molar-refractivity contribution >= 4 is 113 Å². The van der Waals surface area contributed by atoms with Gasteiger partial charge in [0.1, 0.15) is 128 Å². The minimum Gasteiger partial charge on any atom is -0.493 e. The van der Waals surface area contributed by atoms with Gasteiger partial charge in [0.25, 0.3) is 29.5 Å². The molecule has 706 valence electrons. The van der Waals surface area contributed by atoms with Crippen LogP contribution in [0.3, 0.4) is 0 Å². The Balaban J connectivity index is 0.000000116. The summed E-state index contributed by atoms with van der Waals surface area (Å²) in [6.45, 7) is 8.42. The number of aromatic nitrogens is 20. The number of hydrogen-bond donors (Lipinski definition) is 15. The molecule has 0 fully saturated rings. The second kappa shape index (κ2) is 38.2. The lowest BCUT2D eigenvalue weighted by Gasteiger charge is -2.17. The predicted molar refractivity (Wildman–Crippen MR) is 489 cm³/mol. The van der Waals surface area contributed by atoms with Crippen LogP contribution in [0.5, 0.6) is 34.5 Å². The van der Waals surface area contributed by atoms with Gasteiger partial charge < -0.3 is 79.9 Å². The van der Waals surface area contributed by atoms with Crippen molar-refractivity contribution in [2.75, 3.05) is 54.0 Å². The molecule has 0 unspecified atom stereocenters. The Labute approximate surface area is 778 Å². The van der Waals surface area contributed by atoms with E-state index < -0.39 is 121 Å². The second-order valence-electron chi connectivity index (χ2n) is 31.1. The molecule has 0 radical (unpaired) electrons. The van der Waals surface area contributed by atoms with Crippen LogP contribution in [0.4, 0.5) is 72.3 Å². The van der Waals surface area contributed by atoms with E-state index in [4.69, 9.17) is 28.4 Å². The molecule has 0 spiro atoms. The second-order valence-corrected chi connectivity index (χ2v) is 31.1. The molecule has 12 heterocycles. The summed E-state index contributed by atoms with van der Waals surface area (Å²) in [6, 6.07) is 38.0. The summed E-state index contributed by atoms with van der Waals surface area (Å²) >= 11 is 0. The molecule has 0 saturated heterocycles. The SMILES string of the molecule is CC1(C)Oc2cc3nc(-c4[nH]ncc4NC(=O)c4c(F)cccc4F)[nH]c3cc2O1.COc1cc2nc(-c3[nH]ncc3NC(=O)c3c(F)cccc3F)[nH]c2cc1OC.Cc1ccc2nc(-c3[nH]ncc3NC(=O)c3c(F)cccc3F)[nH]c2c1.Cc1cccc2[nH]c(-c3[nH]ncc3NC(=O)c3c(F)cccc3F)nc12.O=C(Nc1cn[nH]c1-c1nc2cc3c(cc2[nH]1)OCCO3)c1c(F)cccc1F. The quantitative estimate of drug-likeness (QED) is 0.0376. The van der Waals surface area contributed by atoms with Crippen LogP contribution in [-0.2, 0) is 0 Å². The van der Waals surface area contributed by atoms with Gasteiger partial charge in [0.2, 0.25) is 5.79 Å². The number of carbonyl (C=O) groups excluding carboxylic acids is 5. The molecule has 0 atom stereocenters. The Bertz CT molecular complexity index is 7830. The van der Waals surface area contributed by atoms with E-state index in [1.54, 1.807) is 50.2 Å². The Morgan fingerprint density at radius 3 is 0.950 bits per heavy atom. The van der Waals surface area contributed by atoms with E-state index in [9.17, 15) is 67.9 Å². The topological polar surface area (TPSA) is 488 Å². The summed E-state index contributed by atoms with van der Waals surface area (Å²) < 4.78 is 172. The average Bonchev–Trinajstić information content (AvgIpc) is 1.62. The van der Waals surface area contributed by atoms with Gasteiger partial charge in [0.15, 0.2) is 63.6 Å². The first-order valence-electron chi connectivity index (χ1n) is 41.7. The van der Waals surface area contributed by atoms with E-state index in [1.807, 2.05) is 50.2 Å². The average molecular weight is 1910 g/mol. The van der Waals surface area contributed by atoms with Crippen LogP contribution in [0.2, 0.25) is 0 Å². The number of hydrogen-bond acceptors (Lipinski definition) is 21. The van der Waals surface area contributed by atoms with E-state index in [0.29, 0.717) is 138 Å². The third kappa shape index (κ3) is 18.8. The number of para-hydroxylation sites is 1. The molecule has 36 nitrogen and oxygen atoms in total. The molecule has 15 N–H and O–H groups in total. The lowest BCUT2D eigenvalue weighted by molar-refractivity contribution is -0.0431. The highest BCUT2D eigenvalue weighted by atomic mass is 19.2. The molecule has 5 amide bonds. The smallest absolute Gasteiger partial charge is 0.261 e. The van der Waals surface area contributed by atoms with Crippen molar-refractivity contribution in [2.45, 2.75) is 33.5 Å². The highest BCUT2D eigenvalue weighted by Crippen LogP contribution is 2.44. The molecule has 46 heteroatoms. The van der Waals surface area contributed by atoms with Gasteiger partial charge in [0.05, 0.1) is 129 Å². The van der Waals surface area contributed by atoms with Crippen LogP contribution in [-0.4, -0.2) is 164 Å². The molecule has 0 bridgehead atoms. The molecule has 22 rings (SSSR count). The number of amides is 5. The number of aryl methyl sites for hydroxylation is 2. The van der Waals surface area contributed by atoms with Gasteiger partial charge in [-0.1, -0.05) is 48.5 Å². The number of benzene rings is 10. The molecule has 0 saturated carbocycles. The molecule has 10 aromatic carbocycles. The van der Waals surface area contributed by atoms with Crippen LogP contribution in [0.25, 0.3) is 113 Å². The Kier molecular flexibility index (Phi) is 25.0. The normalized spacial score (nSPS) is 12.1. The zero-order chi connectivity index (χ0) is 98.1. The number of fused-ring (bicyclic) bond motifs is 7. The molecule has 20 aromatic rings.